The lowest BCUT2D eigenvalue weighted by Crippen LogP contribution is -2.43. The number of likely N-dealkylation sites (tertiary alicyclic amines) is 1. The number of nitrogens with zero attached hydrogens (tertiary/aromatic N) is 3. The number of fused-ring (bicyclic) bond motifs is 1. The predicted octanol–water partition coefficient (Wildman–Crippen LogP) is 1.39. The normalized spacial score (nSPS) is 17.4. The van der Waals surface area contributed by atoms with Crippen LogP contribution < -0.4 is 11.2 Å². The van der Waals surface area contributed by atoms with E-state index in [4.69, 9.17) is 4.42 Å². The first-order chi connectivity index (χ1) is 13.0. The number of carbonyl (C=O) groups is 1. The van der Waals surface area contributed by atoms with Gasteiger partial charge in [0.25, 0.3) is 5.56 Å². The molecule has 1 aliphatic rings. The van der Waals surface area contributed by atoms with Crippen LogP contribution in [0.1, 0.15) is 30.2 Å². The maximum Gasteiger partial charge on any atom is 0.328 e. The minimum atomic E-state index is -0.577. The highest BCUT2D eigenvalue weighted by molar-refractivity contribution is 5.76. The van der Waals surface area contributed by atoms with Gasteiger partial charge in [-0.2, -0.15) is 0 Å². The zero-order valence-corrected chi connectivity index (χ0v) is 15.0. The van der Waals surface area contributed by atoms with E-state index in [1.54, 1.807) is 11.8 Å². The van der Waals surface area contributed by atoms with Crippen LogP contribution in [0.25, 0.3) is 11.1 Å². The number of carbonyl (C=O) groups excluding carboxylic acids is 1. The first kappa shape index (κ1) is 17.3. The van der Waals surface area contributed by atoms with Crippen molar-refractivity contribution in [2.75, 3.05) is 13.1 Å². The number of hydrogen-bond acceptors (Lipinski definition) is 5. The van der Waals surface area contributed by atoms with Crippen LogP contribution in [0.3, 0.4) is 0 Å². The zero-order valence-electron chi connectivity index (χ0n) is 15.0. The number of para-hydroxylation sites is 2. The fourth-order valence-corrected chi connectivity index (χ4v) is 3.45. The molecule has 1 aliphatic heterocycles. The van der Waals surface area contributed by atoms with Crippen LogP contribution in [0.2, 0.25) is 0 Å². The maximum atomic E-state index is 12.7. The van der Waals surface area contributed by atoms with Crippen molar-refractivity contribution in [2.45, 2.75) is 32.2 Å². The molecular weight excluding hydrogens is 348 g/mol. The first-order valence-electron chi connectivity index (χ1n) is 8.95. The number of hydrogen-bond donors (Lipinski definition) is 1. The third-order valence-electron chi connectivity index (χ3n) is 4.93. The van der Waals surface area contributed by atoms with Gasteiger partial charge in [0.2, 0.25) is 5.91 Å². The molecule has 0 saturated carbocycles. The second-order valence-corrected chi connectivity index (χ2v) is 6.90. The summed E-state index contributed by atoms with van der Waals surface area (Å²) in [7, 11) is 0. The number of aromatic amines is 1. The third-order valence-corrected chi connectivity index (χ3v) is 4.93. The van der Waals surface area contributed by atoms with Crippen LogP contribution >= 0.6 is 0 Å². The van der Waals surface area contributed by atoms with Crippen molar-refractivity contribution in [3.63, 3.8) is 0 Å². The Balaban J connectivity index is 1.51. The van der Waals surface area contributed by atoms with Crippen molar-refractivity contribution in [1.82, 2.24) is 19.4 Å². The van der Waals surface area contributed by atoms with E-state index in [0.717, 1.165) is 23.9 Å². The number of piperidine rings is 1. The topological polar surface area (TPSA) is 101 Å². The van der Waals surface area contributed by atoms with Gasteiger partial charge < -0.3 is 9.32 Å². The van der Waals surface area contributed by atoms with Crippen LogP contribution in [0.4, 0.5) is 0 Å². The Morgan fingerprint density at radius 2 is 2.15 bits per heavy atom. The second-order valence-electron chi connectivity index (χ2n) is 6.90. The highest BCUT2D eigenvalue weighted by atomic mass is 16.3. The van der Waals surface area contributed by atoms with Gasteiger partial charge in [-0.1, -0.05) is 12.1 Å². The smallest absolute Gasteiger partial charge is 0.328 e. The van der Waals surface area contributed by atoms with Gasteiger partial charge in [0.1, 0.15) is 12.1 Å². The summed E-state index contributed by atoms with van der Waals surface area (Å²) in [6.45, 7) is 2.63. The molecular formula is C19H20N4O4. The fourth-order valence-electron chi connectivity index (χ4n) is 3.45. The molecule has 8 nitrogen and oxygen atoms in total. The first-order valence-corrected chi connectivity index (χ1v) is 8.95. The Morgan fingerprint density at radius 1 is 1.33 bits per heavy atom. The molecule has 3 aromatic rings. The lowest BCUT2D eigenvalue weighted by atomic mass is 9.98. The molecule has 1 atom stereocenters. The van der Waals surface area contributed by atoms with Crippen molar-refractivity contribution < 1.29 is 9.21 Å². The highest BCUT2D eigenvalue weighted by Gasteiger charge is 2.28. The van der Waals surface area contributed by atoms with E-state index in [2.05, 4.69) is 9.97 Å². The van der Waals surface area contributed by atoms with Crippen LogP contribution in [0, 0.1) is 6.92 Å². The van der Waals surface area contributed by atoms with Gasteiger partial charge in [-0.15, -0.1) is 0 Å². The van der Waals surface area contributed by atoms with E-state index in [-0.39, 0.29) is 18.4 Å². The van der Waals surface area contributed by atoms with Crippen LogP contribution in [0.5, 0.6) is 0 Å². The Morgan fingerprint density at radius 3 is 2.96 bits per heavy atom. The number of nitrogens with one attached hydrogen (secondary N) is 1. The van der Waals surface area contributed by atoms with Gasteiger partial charge in [0, 0.05) is 24.8 Å². The molecule has 3 heterocycles. The molecule has 1 unspecified atom stereocenters. The summed E-state index contributed by atoms with van der Waals surface area (Å²) in [5.41, 5.74) is 0.937. The Labute approximate surface area is 154 Å². The molecule has 1 amide bonds. The van der Waals surface area contributed by atoms with Gasteiger partial charge >= 0.3 is 5.69 Å². The van der Waals surface area contributed by atoms with E-state index in [1.165, 1.54) is 10.8 Å². The van der Waals surface area contributed by atoms with E-state index < -0.39 is 11.2 Å². The highest BCUT2D eigenvalue weighted by Crippen LogP contribution is 2.29. The number of H-pyrrole nitrogens is 1. The van der Waals surface area contributed by atoms with Crippen molar-refractivity contribution in [3.05, 3.63) is 62.8 Å². The van der Waals surface area contributed by atoms with Crippen molar-refractivity contribution in [2.24, 2.45) is 0 Å². The minimum Gasteiger partial charge on any atom is -0.440 e. The average molecular weight is 368 g/mol. The molecule has 1 fully saturated rings. The molecule has 1 aromatic carbocycles. The number of amides is 1. The minimum absolute atomic E-state index is 0.0316. The average Bonchev–Trinajstić information content (AvgIpc) is 3.10. The maximum absolute atomic E-state index is 12.7. The summed E-state index contributed by atoms with van der Waals surface area (Å²) in [6.07, 6.45) is 3.16. The number of benzene rings is 1. The molecule has 1 N–H and O–H groups in total. The lowest BCUT2D eigenvalue weighted by Gasteiger charge is -2.31. The summed E-state index contributed by atoms with van der Waals surface area (Å²) in [5.74, 6) is 0.513. The SMILES string of the molecule is Cc1cn(CC(=O)N2CCCC(c3nc4ccccc4o3)C2)c(=O)[nH]c1=O. The van der Waals surface area contributed by atoms with Crippen LogP contribution in [-0.2, 0) is 11.3 Å². The van der Waals surface area contributed by atoms with Crippen LogP contribution in [-0.4, -0.2) is 38.4 Å². The van der Waals surface area contributed by atoms with Crippen molar-refractivity contribution in [1.29, 1.82) is 0 Å². The molecule has 0 radical (unpaired) electrons. The number of rotatable bonds is 3. The number of aryl methyl sites for hydroxylation is 1. The molecule has 1 saturated heterocycles. The standard InChI is InChI=1S/C19H20N4O4/c1-12-9-23(19(26)21-17(12)25)11-16(24)22-8-4-5-13(10-22)18-20-14-6-2-3-7-15(14)27-18/h2-3,6-7,9,13H,4-5,8,10-11H2,1H3,(H,21,25,26). The summed E-state index contributed by atoms with van der Waals surface area (Å²) >= 11 is 0. The largest absolute Gasteiger partial charge is 0.440 e. The number of aromatic nitrogens is 3. The van der Waals surface area contributed by atoms with Gasteiger partial charge in [-0.05, 0) is 31.9 Å². The predicted molar refractivity (Wildman–Crippen MR) is 98.6 cm³/mol. The van der Waals surface area contributed by atoms with Gasteiger partial charge in [0.05, 0.1) is 5.92 Å². The monoisotopic (exact) mass is 368 g/mol. The second kappa shape index (κ2) is 6.86. The summed E-state index contributed by atoms with van der Waals surface area (Å²) in [4.78, 5) is 44.6. The van der Waals surface area contributed by atoms with Gasteiger partial charge in [0.15, 0.2) is 11.5 Å². The summed E-state index contributed by atoms with van der Waals surface area (Å²) in [6, 6.07) is 7.59. The summed E-state index contributed by atoms with van der Waals surface area (Å²) < 4.78 is 7.10. The molecule has 27 heavy (non-hydrogen) atoms. The Kier molecular flexibility index (Phi) is 4.39. The quantitative estimate of drug-likeness (QED) is 0.753. The van der Waals surface area contributed by atoms with Gasteiger partial charge in [-0.3, -0.25) is 19.1 Å². The van der Waals surface area contributed by atoms with E-state index >= 15 is 0 Å². The lowest BCUT2D eigenvalue weighted by molar-refractivity contribution is -0.133. The Bertz CT molecular complexity index is 1080. The molecule has 140 valence electrons. The molecule has 0 bridgehead atoms. The molecule has 0 aliphatic carbocycles. The third kappa shape index (κ3) is 3.42. The zero-order chi connectivity index (χ0) is 19.0. The molecule has 8 heteroatoms. The number of oxazole rings is 1. The van der Waals surface area contributed by atoms with Crippen molar-refractivity contribution >= 4 is 17.0 Å². The summed E-state index contributed by atoms with van der Waals surface area (Å²) in [5, 5.41) is 0. The molecule has 0 spiro atoms. The van der Waals surface area contributed by atoms with Crippen molar-refractivity contribution in [3.8, 4) is 0 Å². The van der Waals surface area contributed by atoms with Crippen LogP contribution in [0.15, 0.2) is 44.5 Å². The van der Waals surface area contributed by atoms with E-state index in [9.17, 15) is 14.4 Å². The van der Waals surface area contributed by atoms with E-state index in [1.807, 2.05) is 24.3 Å². The molecule has 2 aromatic heterocycles. The Hall–Kier alpha value is -3.16. The van der Waals surface area contributed by atoms with E-state index in [0.29, 0.717) is 24.5 Å². The van der Waals surface area contributed by atoms with Gasteiger partial charge in [-0.25, -0.2) is 9.78 Å². The fraction of sp³-hybridized carbons (Fsp3) is 0.368. The molecule has 4 rings (SSSR count).